The van der Waals surface area contributed by atoms with E-state index in [1.807, 2.05) is 13.8 Å². The molecule has 0 aliphatic carbocycles. The molecular weight excluding hydrogens is 544 g/mol. The van der Waals surface area contributed by atoms with Crippen molar-refractivity contribution in [1.29, 1.82) is 0 Å². The molecule has 1 heterocycles. The zero-order valence-electron chi connectivity index (χ0n) is 23.3. The van der Waals surface area contributed by atoms with Gasteiger partial charge in [0.2, 0.25) is 11.8 Å². The molecular formula is C26H36N4O9S. The third-order valence-electron chi connectivity index (χ3n) is 5.73. The van der Waals surface area contributed by atoms with Gasteiger partial charge in [-0.05, 0) is 23.6 Å². The molecule has 0 aromatic heterocycles. The number of sulfone groups is 1. The van der Waals surface area contributed by atoms with Crippen LogP contribution in [0, 0.1) is 5.92 Å². The molecule has 0 radical (unpaired) electrons. The predicted molar refractivity (Wildman–Crippen MR) is 146 cm³/mol. The molecule has 0 atom stereocenters. The number of methoxy groups -OCH3 is 1. The number of nitrogens with one attached hydrogen (secondary N) is 1. The first kappa shape index (κ1) is 32.3. The quantitative estimate of drug-likeness (QED) is 0.317. The van der Waals surface area contributed by atoms with Gasteiger partial charge in [0.1, 0.15) is 22.2 Å². The van der Waals surface area contributed by atoms with E-state index < -0.39 is 39.6 Å². The number of nitrogens with zero attached hydrogens (tertiary/aromatic N) is 3. The molecule has 1 aromatic carbocycles. The highest BCUT2D eigenvalue weighted by Gasteiger charge is 2.25. The molecule has 0 spiro atoms. The monoisotopic (exact) mass is 580 g/mol. The highest BCUT2D eigenvalue weighted by molar-refractivity contribution is 7.90. The number of benzene rings is 1. The number of carbonyl (C=O) groups is 5. The van der Waals surface area contributed by atoms with Crippen LogP contribution in [-0.4, -0.2) is 105 Å². The molecule has 0 bridgehead atoms. The van der Waals surface area contributed by atoms with E-state index in [0.29, 0.717) is 17.9 Å². The summed E-state index contributed by atoms with van der Waals surface area (Å²) in [4.78, 5) is 64.4. The van der Waals surface area contributed by atoms with Crippen LogP contribution in [0.15, 0.2) is 30.4 Å². The molecule has 40 heavy (non-hydrogen) atoms. The summed E-state index contributed by atoms with van der Waals surface area (Å²) in [5.41, 5.74) is 0.826. The summed E-state index contributed by atoms with van der Waals surface area (Å²) >= 11 is 0. The molecule has 13 nitrogen and oxygen atoms in total. The summed E-state index contributed by atoms with van der Waals surface area (Å²) in [6, 6.07) is 4.80. The number of anilines is 1. The molecule has 1 aliphatic heterocycles. The van der Waals surface area contributed by atoms with Crippen molar-refractivity contribution in [2.75, 3.05) is 57.7 Å². The second kappa shape index (κ2) is 14.4. The number of hydrogen-bond donors (Lipinski definition) is 1. The topological polar surface area (TPSA) is 160 Å². The fraction of sp³-hybridized carbons (Fsp3) is 0.500. The third kappa shape index (κ3) is 10.3. The first-order valence-electron chi connectivity index (χ1n) is 12.5. The van der Waals surface area contributed by atoms with Crippen molar-refractivity contribution in [1.82, 2.24) is 14.7 Å². The van der Waals surface area contributed by atoms with Crippen molar-refractivity contribution in [2.24, 2.45) is 5.92 Å². The normalized spacial score (nSPS) is 13.0. The van der Waals surface area contributed by atoms with Gasteiger partial charge >= 0.3 is 6.09 Å². The lowest BCUT2D eigenvalue weighted by molar-refractivity contribution is -0.138. The average molecular weight is 581 g/mol. The van der Waals surface area contributed by atoms with Gasteiger partial charge in [-0.3, -0.25) is 24.1 Å². The summed E-state index contributed by atoms with van der Waals surface area (Å²) in [5, 5.41) is 2.67. The molecule has 5 amide bonds. The number of imide groups is 1. The van der Waals surface area contributed by atoms with E-state index in [9.17, 15) is 32.4 Å². The number of ether oxygens (including phenoxy) is 2. The van der Waals surface area contributed by atoms with E-state index in [-0.39, 0.29) is 50.0 Å². The van der Waals surface area contributed by atoms with E-state index >= 15 is 0 Å². The van der Waals surface area contributed by atoms with Crippen LogP contribution in [-0.2, 0) is 40.4 Å². The summed E-state index contributed by atoms with van der Waals surface area (Å²) in [5.74, 6) is -1.68. The van der Waals surface area contributed by atoms with Crippen LogP contribution in [0.5, 0.6) is 5.75 Å². The molecule has 0 unspecified atom stereocenters. The lowest BCUT2D eigenvalue weighted by Crippen LogP contribution is -2.38. The minimum atomic E-state index is -3.27. The summed E-state index contributed by atoms with van der Waals surface area (Å²) < 4.78 is 33.8. The van der Waals surface area contributed by atoms with Crippen LogP contribution >= 0.6 is 0 Å². The minimum absolute atomic E-state index is 0.00748. The Kier molecular flexibility index (Phi) is 11.7. The van der Waals surface area contributed by atoms with Gasteiger partial charge in [-0.2, -0.15) is 0 Å². The number of hydrogen-bond acceptors (Lipinski definition) is 9. The Labute approximate surface area is 234 Å². The molecule has 1 N–H and O–H groups in total. The summed E-state index contributed by atoms with van der Waals surface area (Å²) in [7, 11) is -0.424. The first-order chi connectivity index (χ1) is 18.7. The van der Waals surface area contributed by atoms with Crippen LogP contribution in [0.3, 0.4) is 0 Å². The molecule has 0 fully saturated rings. The van der Waals surface area contributed by atoms with Gasteiger partial charge in [-0.15, -0.1) is 0 Å². The number of rotatable bonds is 14. The van der Waals surface area contributed by atoms with Gasteiger partial charge < -0.3 is 24.6 Å². The fourth-order valence-electron chi connectivity index (χ4n) is 3.70. The van der Waals surface area contributed by atoms with Gasteiger partial charge in [0, 0.05) is 51.5 Å². The van der Waals surface area contributed by atoms with Crippen LogP contribution in [0.25, 0.3) is 0 Å². The van der Waals surface area contributed by atoms with Crippen molar-refractivity contribution in [2.45, 2.75) is 26.9 Å². The molecule has 1 aliphatic rings. The van der Waals surface area contributed by atoms with Crippen molar-refractivity contribution in [3.63, 3.8) is 0 Å². The Balaban J connectivity index is 1.96. The molecule has 2 rings (SSSR count). The maximum atomic E-state index is 12.7. The van der Waals surface area contributed by atoms with E-state index in [4.69, 9.17) is 9.47 Å². The van der Waals surface area contributed by atoms with Gasteiger partial charge in [0.15, 0.2) is 0 Å². The number of likely N-dealkylation sites (N-methyl/N-ethyl adjacent to an activating group) is 1. The van der Waals surface area contributed by atoms with Crippen LogP contribution in [0.4, 0.5) is 10.5 Å². The lowest BCUT2D eigenvalue weighted by atomic mass is 10.2. The highest BCUT2D eigenvalue weighted by atomic mass is 32.2. The molecule has 220 valence electrons. The highest BCUT2D eigenvalue weighted by Crippen LogP contribution is 2.26. The van der Waals surface area contributed by atoms with Gasteiger partial charge in [0.05, 0.1) is 25.1 Å². The Morgan fingerprint density at radius 1 is 1.10 bits per heavy atom. The maximum absolute atomic E-state index is 12.7. The van der Waals surface area contributed by atoms with Crippen molar-refractivity contribution in [3.8, 4) is 5.75 Å². The van der Waals surface area contributed by atoms with Crippen LogP contribution in [0.2, 0.25) is 0 Å². The van der Waals surface area contributed by atoms with Gasteiger partial charge in [-0.25, -0.2) is 13.2 Å². The zero-order valence-corrected chi connectivity index (χ0v) is 24.2. The minimum Gasteiger partial charge on any atom is -0.495 e. The average Bonchev–Trinajstić information content (AvgIpc) is 3.19. The molecule has 14 heteroatoms. The lowest BCUT2D eigenvalue weighted by Gasteiger charge is -2.23. The van der Waals surface area contributed by atoms with Crippen molar-refractivity contribution >= 4 is 45.2 Å². The van der Waals surface area contributed by atoms with E-state index in [1.54, 1.807) is 18.2 Å². The van der Waals surface area contributed by atoms with Crippen LogP contribution < -0.4 is 10.1 Å². The summed E-state index contributed by atoms with van der Waals surface area (Å²) in [6.07, 6.45) is 2.57. The second-order valence-electron chi connectivity index (χ2n) is 9.77. The standard InChI is InChI=1S/C26H36N4O9S/c1-18(2)15-29(12-13-40(5,36)37)26(35)39-17-19-6-7-21(38-4)20(14-19)27-22(31)16-28(3)23(32)10-11-30-24(33)8-9-25(30)34/h6-9,14,18H,10-13,15-17H2,1-5H3,(H,27,31). The zero-order chi connectivity index (χ0) is 30.0. The number of amides is 5. The van der Waals surface area contributed by atoms with Crippen molar-refractivity contribution < 1.29 is 41.9 Å². The van der Waals surface area contributed by atoms with E-state index in [0.717, 1.165) is 23.3 Å². The van der Waals surface area contributed by atoms with Crippen molar-refractivity contribution in [3.05, 3.63) is 35.9 Å². The maximum Gasteiger partial charge on any atom is 0.410 e. The van der Waals surface area contributed by atoms with E-state index in [1.165, 1.54) is 24.0 Å². The van der Waals surface area contributed by atoms with Gasteiger partial charge in [-0.1, -0.05) is 19.9 Å². The second-order valence-corrected chi connectivity index (χ2v) is 12.0. The Bertz CT molecular complexity index is 1240. The summed E-state index contributed by atoms with van der Waals surface area (Å²) in [6.45, 7) is 3.60. The van der Waals surface area contributed by atoms with Crippen LogP contribution in [0.1, 0.15) is 25.8 Å². The number of carbonyl (C=O) groups excluding carboxylic acids is 5. The Hall–Kier alpha value is -3.94. The fourth-order valence-corrected chi connectivity index (χ4v) is 4.25. The molecule has 0 saturated carbocycles. The van der Waals surface area contributed by atoms with E-state index in [2.05, 4.69) is 5.32 Å². The molecule has 1 aromatic rings. The Morgan fingerprint density at radius 3 is 2.33 bits per heavy atom. The smallest absolute Gasteiger partial charge is 0.410 e. The third-order valence-corrected chi connectivity index (χ3v) is 6.66. The molecule has 0 saturated heterocycles. The predicted octanol–water partition coefficient (Wildman–Crippen LogP) is 1.05. The first-order valence-corrected chi connectivity index (χ1v) is 14.6. The van der Waals surface area contributed by atoms with Gasteiger partial charge in [0.25, 0.3) is 11.8 Å². The Morgan fingerprint density at radius 2 is 1.75 bits per heavy atom. The largest absolute Gasteiger partial charge is 0.495 e. The SMILES string of the molecule is COc1ccc(COC(=O)N(CCS(C)(=O)=O)CC(C)C)cc1NC(=O)CN(C)C(=O)CCN1C(=O)C=CC1=O.